The van der Waals surface area contributed by atoms with E-state index >= 15 is 0 Å². The van der Waals surface area contributed by atoms with Gasteiger partial charge in [-0.1, -0.05) is 0 Å². The number of nitrogens with two attached hydrogens (primary N) is 1. The molecule has 0 amide bonds. The zero-order valence-electron chi connectivity index (χ0n) is 8.78. The van der Waals surface area contributed by atoms with Gasteiger partial charge in [-0.25, -0.2) is 8.78 Å². The molecule has 0 aromatic heterocycles. The summed E-state index contributed by atoms with van der Waals surface area (Å²) in [5.74, 6) is -1.40. The number of halogens is 2. The molecule has 4 heteroatoms. The maximum atomic E-state index is 13.1. The molecule has 2 aromatic carbocycles. The minimum Gasteiger partial charge on any atom is -0.399 e. The van der Waals surface area contributed by atoms with E-state index in [1.807, 2.05) is 0 Å². The van der Waals surface area contributed by atoms with Gasteiger partial charge in [-0.2, -0.15) is 0 Å². The summed E-state index contributed by atoms with van der Waals surface area (Å²) in [6.45, 7) is 0. The smallest absolute Gasteiger partial charge is 0.193 e. The molecule has 0 saturated carbocycles. The lowest BCUT2D eigenvalue weighted by Crippen LogP contribution is -2.03. The Morgan fingerprint density at radius 3 is 2.12 bits per heavy atom. The van der Waals surface area contributed by atoms with Crippen LogP contribution < -0.4 is 5.73 Å². The van der Waals surface area contributed by atoms with Crippen molar-refractivity contribution in [1.82, 2.24) is 0 Å². The molecule has 0 radical (unpaired) electrons. The summed E-state index contributed by atoms with van der Waals surface area (Å²) in [7, 11) is 0. The predicted molar refractivity (Wildman–Crippen MR) is 60.6 cm³/mol. The molecule has 0 atom stereocenters. The van der Waals surface area contributed by atoms with E-state index in [2.05, 4.69) is 0 Å². The molecule has 2 aromatic rings. The molecule has 0 saturated heterocycles. The highest BCUT2D eigenvalue weighted by Crippen LogP contribution is 2.15. The van der Waals surface area contributed by atoms with Crippen LogP contribution in [0, 0.1) is 11.6 Å². The molecule has 2 rings (SSSR count). The minimum absolute atomic E-state index is 0.147. The van der Waals surface area contributed by atoms with Crippen LogP contribution in [0.4, 0.5) is 14.5 Å². The molecular formula is C13H9F2NO. The third-order valence-corrected chi connectivity index (χ3v) is 2.29. The number of carbonyl (C=O) groups is 1. The number of ketones is 1. The average Bonchev–Trinajstić information content (AvgIpc) is 2.28. The van der Waals surface area contributed by atoms with Crippen LogP contribution in [0.15, 0.2) is 42.5 Å². The van der Waals surface area contributed by atoms with Gasteiger partial charge in [-0.15, -0.1) is 0 Å². The van der Waals surface area contributed by atoms with E-state index in [1.54, 1.807) is 0 Å². The molecule has 17 heavy (non-hydrogen) atoms. The zero-order valence-corrected chi connectivity index (χ0v) is 8.78. The topological polar surface area (TPSA) is 43.1 Å². The Hall–Kier alpha value is -2.23. The van der Waals surface area contributed by atoms with Gasteiger partial charge in [-0.05, 0) is 42.5 Å². The summed E-state index contributed by atoms with van der Waals surface area (Å²) in [4.78, 5) is 11.9. The molecule has 0 aliphatic rings. The lowest BCUT2D eigenvalue weighted by molar-refractivity contribution is 0.103. The summed E-state index contributed by atoms with van der Waals surface area (Å²) in [5, 5.41) is 0. The fraction of sp³-hybridized carbons (Fsp3) is 0. The van der Waals surface area contributed by atoms with Gasteiger partial charge >= 0.3 is 0 Å². The largest absolute Gasteiger partial charge is 0.399 e. The van der Waals surface area contributed by atoms with E-state index in [0.717, 1.165) is 12.1 Å². The van der Waals surface area contributed by atoms with E-state index in [-0.39, 0.29) is 16.8 Å². The maximum absolute atomic E-state index is 13.1. The first-order chi connectivity index (χ1) is 8.06. The van der Waals surface area contributed by atoms with E-state index in [1.165, 1.54) is 30.3 Å². The van der Waals surface area contributed by atoms with Crippen LogP contribution in [0.25, 0.3) is 0 Å². The van der Waals surface area contributed by atoms with Gasteiger partial charge in [0.15, 0.2) is 5.78 Å². The highest BCUT2D eigenvalue weighted by atomic mass is 19.1. The first kappa shape index (κ1) is 11.3. The molecule has 0 unspecified atom stereocenters. The van der Waals surface area contributed by atoms with Crippen LogP contribution in [0.3, 0.4) is 0 Å². The van der Waals surface area contributed by atoms with Crippen LogP contribution in [-0.4, -0.2) is 5.78 Å². The molecule has 2 N–H and O–H groups in total. The first-order valence-corrected chi connectivity index (χ1v) is 4.92. The number of hydrogen-bond donors (Lipinski definition) is 1. The van der Waals surface area contributed by atoms with Gasteiger partial charge in [-0.3, -0.25) is 4.79 Å². The summed E-state index contributed by atoms with van der Waals surface area (Å²) in [6.07, 6.45) is 0. The van der Waals surface area contributed by atoms with E-state index in [9.17, 15) is 13.6 Å². The quantitative estimate of drug-likeness (QED) is 0.640. The molecule has 0 aliphatic heterocycles. The van der Waals surface area contributed by atoms with Crippen molar-refractivity contribution in [3.63, 3.8) is 0 Å². The maximum Gasteiger partial charge on any atom is 0.193 e. The van der Waals surface area contributed by atoms with Gasteiger partial charge in [0.2, 0.25) is 0 Å². The summed E-state index contributed by atoms with van der Waals surface area (Å²) in [6, 6.07) is 8.65. The number of carbonyl (C=O) groups excluding carboxylic acids is 1. The number of rotatable bonds is 2. The summed E-state index contributed by atoms with van der Waals surface area (Å²) in [5.41, 5.74) is 6.06. The van der Waals surface area contributed by atoms with Gasteiger partial charge < -0.3 is 5.73 Å². The van der Waals surface area contributed by atoms with Crippen molar-refractivity contribution in [2.24, 2.45) is 0 Å². The van der Waals surface area contributed by atoms with Crippen LogP contribution in [0.5, 0.6) is 0 Å². The number of hydrogen-bond acceptors (Lipinski definition) is 2. The molecule has 0 bridgehead atoms. The van der Waals surface area contributed by atoms with Crippen molar-refractivity contribution >= 4 is 11.5 Å². The van der Waals surface area contributed by atoms with E-state index < -0.39 is 17.4 Å². The Bertz CT molecular complexity index is 544. The molecule has 0 spiro atoms. The monoisotopic (exact) mass is 233 g/mol. The van der Waals surface area contributed by atoms with Crippen molar-refractivity contribution < 1.29 is 13.6 Å². The lowest BCUT2D eigenvalue weighted by atomic mass is 10.0. The average molecular weight is 233 g/mol. The molecule has 0 fully saturated rings. The van der Waals surface area contributed by atoms with Crippen LogP contribution in [-0.2, 0) is 0 Å². The number of nitrogen functional groups attached to an aromatic ring is 1. The Morgan fingerprint density at radius 1 is 0.882 bits per heavy atom. The number of anilines is 1. The zero-order chi connectivity index (χ0) is 12.4. The molecule has 0 aliphatic carbocycles. The Balaban J connectivity index is 2.40. The van der Waals surface area contributed by atoms with E-state index in [0.29, 0.717) is 0 Å². The SMILES string of the molecule is Nc1cc(F)cc(C(=O)c2ccc(F)cc2)c1. The van der Waals surface area contributed by atoms with Crippen molar-refractivity contribution in [2.75, 3.05) is 5.73 Å². The second kappa shape index (κ2) is 4.33. The summed E-state index contributed by atoms with van der Waals surface area (Å²) >= 11 is 0. The van der Waals surface area contributed by atoms with Gasteiger partial charge in [0.05, 0.1) is 0 Å². The molecule has 0 heterocycles. The Kier molecular flexibility index (Phi) is 2.87. The standard InChI is InChI=1S/C13H9F2NO/c14-10-3-1-8(2-4-10)13(17)9-5-11(15)7-12(16)6-9/h1-7H,16H2. The predicted octanol–water partition coefficient (Wildman–Crippen LogP) is 2.78. The first-order valence-electron chi connectivity index (χ1n) is 4.92. The van der Waals surface area contributed by atoms with Crippen molar-refractivity contribution in [2.45, 2.75) is 0 Å². The Morgan fingerprint density at radius 2 is 1.53 bits per heavy atom. The van der Waals surface area contributed by atoms with E-state index in [4.69, 9.17) is 5.73 Å². The normalized spacial score (nSPS) is 10.2. The minimum atomic E-state index is -0.574. The fourth-order valence-electron chi connectivity index (χ4n) is 1.51. The van der Waals surface area contributed by atoms with Gasteiger partial charge in [0, 0.05) is 16.8 Å². The van der Waals surface area contributed by atoms with Crippen molar-refractivity contribution in [3.05, 3.63) is 65.2 Å². The highest BCUT2D eigenvalue weighted by molar-refractivity contribution is 6.09. The third-order valence-electron chi connectivity index (χ3n) is 2.29. The molecular weight excluding hydrogens is 224 g/mol. The fourth-order valence-corrected chi connectivity index (χ4v) is 1.51. The molecule has 2 nitrogen and oxygen atoms in total. The van der Waals surface area contributed by atoms with Crippen molar-refractivity contribution in [3.8, 4) is 0 Å². The second-order valence-corrected chi connectivity index (χ2v) is 3.61. The highest BCUT2D eigenvalue weighted by Gasteiger charge is 2.10. The van der Waals surface area contributed by atoms with Gasteiger partial charge in [0.1, 0.15) is 11.6 Å². The summed E-state index contributed by atoms with van der Waals surface area (Å²) < 4.78 is 25.8. The third kappa shape index (κ3) is 2.47. The van der Waals surface area contributed by atoms with Crippen molar-refractivity contribution in [1.29, 1.82) is 0 Å². The Labute approximate surface area is 96.7 Å². The van der Waals surface area contributed by atoms with Crippen LogP contribution in [0.1, 0.15) is 15.9 Å². The van der Waals surface area contributed by atoms with Crippen LogP contribution in [0.2, 0.25) is 0 Å². The van der Waals surface area contributed by atoms with Gasteiger partial charge in [0.25, 0.3) is 0 Å². The lowest BCUT2D eigenvalue weighted by Gasteiger charge is -2.03. The number of benzene rings is 2. The molecule has 86 valence electrons. The second-order valence-electron chi connectivity index (χ2n) is 3.61. The van der Waals surface area contributed by atoms with Crippen LogP contribution >= 0.6 is 0 Å².